The van der Waals surface area contributed by atoms with Gasteiger partial charge in [-0.3, -0.25) is 0 Å². The van der Waals surface area contributed by atoms with Crippen molar-refractivity contribution in [1.29, 1.82) is 0 Å². The molecular formula is C14H28S. The second-order valence-corrected chi connectivity index (χ2v) is 6.31. The van der Waals surface area contributed by atoms with Crippen LogP contribution in [0.2, 0.25) is 0 Å². The van der Waals surface area contributed by atoms with Crippen LogP contribution in [0, 0.1) is 0 Å². The highest BCUT2D eigenvalue weighted by Crippen LogP contribution is 2.28. The quantitative estimate of drug-likeness (QED) is 0.414. The second kappa shape index (κ2) is 9.57. The van der Waals surface area contributed by atoms with E-state index >= 15 is 0 Å². The summed E-state index contributed by atoms with van der Waals surface area (Å²) in [5, 5.41) is 1.01. The molecule has 0 nitrogen and oxygen atoms in total. The lowest BCUT2D eigenvalue weighted by Crippen LogP contribution is -2.01. The van der Waals surface area contributed by atoms with Gasteiger partial charge in [0.1, 0.15) is 0 Å². The van der Waals surface area contributed by atoms with E-state index in [4.69, 9.17) is 0 Å². The Morgan fingerprint density at radius 2 is 1.53 bits per heavy atom. The number of rotatable bonds is 7. The standard InChI is InChI=1S/C14H28S/c1-2-3-4-7-10-13-15-14-11-8-5-6-9-12-14/h14H,2-13H2,1H3. The van der Waals surface area contributed by atoms with Crippen molar-refractivity contribution < 1.29 is 0 Å². The zero-order valence-corrected chi connectivity index (χ0v) is 11.3. The third-order valence-electron chi connectivity index (χ3n) is 3.40. The van der Waals surface area contributed by atoms with Crippen molar-refractivity contribution in [2.45, 2.75) is 82.8 Å². The van der Waals surface area contributed by atoms with Gasteiger partial charge in [0.05, 0.1) is 0 Å². The predicted octanol–water partition coefficient (Wildman–Crippen LogP) is 5.41. The molecular weight excluding hydrogens is 200 g/mol. The summed E-state index contributed by atoms with van der Waals surface area (Å²) in [7, 11) is 0. The number of thioether (sulfide) groups is 1. The van der Waals surface area contributed by atoms with Crippen molar-refractivity contribution in [2.75, 3.05) is 5.75 Å². The molecule has 0 aromatic carbocycles. The molecule has 0 amide bonds. The topological polar surface area (TPSA) is 0 Å². The van der Waals surface area contributed by atoms with Crippen LogP contribution < -0.4 is 0 Å². The van der Waals surface area contributed by atoms with E-state index in [1.54, 1.807) is 0 Å². The average Bonchev–Trinajstić information content (AvgIpc) is 2.52. The highest BCUT2D eigenvalue weighted by Gasteiger charge is 2.11. The largest absolute Gasteiger partial charge is 0.159 e. The van der Waals surface area contributed by atoms with Crippen molar-refractivity contribution in [3.63, 3.8) is 0 Å². The number of hydrogen-bond donors (Lipinski definition) is 0. The first-order valence-corrected chi connectivity index (χ1v) is 8.10. The van der Waals surface area contributed by atoms with Gasteiger partial charge in [0, 0.05) is 5.25 Å². The molecule has 1 fully saturated rings. The Balaban J connectivity index is 1.89. The molecule has 0 saturated heterocycles. The van der Waals surface area contributed by atoms with E-state index in [2.05, 4.69) is 18.7 Å². The summed E-state index contributed by atoms with van der Waals surface area (Å²) in [6, 6.07) is 0. The Hall–Kier alpha value is 0.350. The first kappa shape index (κ1) is 13.4. The summed E-state index contributed by atoms with van der Waals surface area (Å²) in [6.45, 7) is 2.29. The molecule has 0 heterocycles. The monoisotopic (exact) mass is 228 g/mol. The van der Waals surface area contributed by atoms with Crippen LogP contribution in [0.5, 0.6) is 0 Å². The minimum Gasteiger partial charge on any atom is -0.159 e. The van der Waals surface area contributed by atoms with Crippen LogP contribution in [-0.4, -0.2) is 11.0 Å². The maximum absolute atomic E-state index is 2.29. The normalized spacial score (nSPS) is 19.0. The maximum Gasteiger partial charge on any atom is 0.00470 e. The molecule has 0 bridgehead atoms. The predicted molar refractivity (Wildman–Crippen MR) is 72.7 cm³/mol. The summed E-state index contributed by atoms with van der Waals surface area (Å²) in [4.78, 5) is 0. The van der Waals surface area contributed by atoms with Crippen LogP contribution in [0.15, 0.2) is 0 Å². The molecule has 15 heavy (non-hydrogen) atoms. The number of hydrogen-bond acceptors (Lipinski definition) is 1. The van der Waals surface area contributed by atoms with Crippen molar-refractivity contribution >= 4 is 11.8 Å². The highest BCUT2D eigenvalue weighted by atomic mass is 32.2. The van der Waals surface area contributed by atoms with E-state index in [9.17, 15) is 0 Å². The lowest BCUT2D eigenvalue weighted by Gasteiger charge is -2.12. The van der Waals surface area contributed by atoms with Crippen molar-refractivity contribution in [1.82, 2.24) is 0 Å². The Kier molecular flexibility index (Phi) is 8.56. The van der Waals surface area contributed by atoms with E-state index in [-0.39, 0.29) is 0 Å². The summed E-state index contributed by atoms with van der Waals surface area (Å²) in [6.07, 6.45) is 16.2. The van der Waals surface area contributed by atoms with Gasteiger partial charge in [0.25, 0.3) is 0 Å². The molecule has 0 aromatic heterocycles. The fourth-order valence-corrected chi connectivity index (χ4v) is 3.73. The van der Waals surface area contributed by atoms with Crippen LogP contribution in [-0.2, 0) is 0 Å². The van der Waals surface area contributed by atoms with Gasteiger partial charge in [-0.05, 0) is 25.0 Å². The summed E-state index contributed by atoms with van der Waals surface area (Å²) < 4.78 is 0. The zero-order chi connectivity index (χ0) is 10.8. The van der Waals surface area contributed by atoms with E-state index in [1.807, 2.05) is 0 Å². The van der Waals surface area contributed by atoms with Crippen LogP contribution in [0.4, 0.5) is 0 Å². The van der Waals surface area contributed by atoms with E-state index < -0.39 is 0 Å². The molecule has 0 radical (unpaired) electrons. The molecule has 1 saturated carbocycles. The Labute approximate surface area is 101 Å². The maximum atomic E-state index is 2.29. The summed E-state index contributed by atoms with van der Waals surface area (Å²) in [5.41, 5.74) is 0. The van der Waals surface area contributed by atoms with E-state index in [1.165, 1.54) is 76.4 Å². The SMILES string of the molecule is CCCCCCCSC1CCCCCC1. The van der Waals surface area contributed by atoms with Gasteiger partial charge in [-0.25, -0.2) is 0 Å². The summed E-state index contributed by atoms with van der Waals surface area (Å²) >= 11 is 2.27. The first-order valence-electron chi connectivity index (χ1n) is 7.05. The minimum absolute atomic E-state index is 1.01. The smallest absolute Gasteiger partial charge is 0.00470 e. The van der Waals surface area contributed by atoms with Gasteiger partial charge in [-0.2, -0.15) is 11.8 Å². The highest BCUT2D eigenvalue weighted by molar-refractivity contribution is 7.99. The van der Waals surface area contributed by atoms with Gasteiger partial charge in [-0.1, -0.05) is 58.3 Å². The molecule has 0 N–H and O–H groups in total. The second-order valence-electron chi connectivity index (χ2n) is 4.90. The van der Waals surface area contributed by atoms with Gasteiger partial charge < -0.3 is 0 Å². The van der Waals surface area contributed by atoms with Gasteiger partial charge in [0.2, 0.25) is 0 Å². The molecule has 0 aliphatic heterocycles. The molecule has 1 aliphatic carbocycles. The first-order chi connectivity index (χ1) is 7.43. The van der Waals surface area contributed by atoms with Gasteiger partial charge in [0.15, 0.2) is 0 Å². The molecule has 0 aromatic rings. The van der Waals surface area contributed by atoms with Gasteiger partial charge in [-0.15, -0.1) is 0 Å². The molecule has 90 valence electrons. The Morgan fingerprint density at radius 1 is 0.867 bits per heavy atom. The number of unbranched alkanes of at least 4 members (excludes halogenated alkanes) is 4. The summed E-state index contributed by atoms with van der Waals surface area (Å²) in [5.74, 6) is 1.42. The zero-order valence-electron chi connectivity index (χ0n) is 10.5. The lowest BCUT2D eigenvalue weighted by atomic mass is 10.2. The minimum atomic E-state index is 1.01. The molecule has 0 unspecified atom stereocenters. The van der Waals surface area contributed by atoms with E-state index in [0.717, 1.165) is 5.25 Å². The molecule has 1 heteroatoms. The third-order valence-corrected chi connectivity index (χ3v) is 4.87. The fraction of sp³-hybridized carbons (Fsp3) is 1.00. The third kappa shape index (κ3) is 7.27. The molecule has 1 rings (SSSR count). The van der Waals surface area contributed by atoms with Crippen molar-refractivity contribution in [3.8, 4) is 0 Å². The molecule has 0 atom stereocenters. The average molecular weight is 228 g/mol. The Morgan fingerprint density at radius 3 is 2.20 bits per heavy atom. The van der Waals surface area contributed by atoms with Crippen molar-refractivity contribution in [3.05, 3.63) is 0 Å². The van der Waals surface area contributed by atoms with Gasteiger partial charge >= 0.3 is 0 Å². The lowest BCUT2D eigenvalue weighted by molar-refractivity contribution is 0.657. The van der Waals surface area contributed by atoms with E-state index in [0.29, 0.717) is 0 Å². The molecule has 1 aliphatic rings. The van der Waals surface area contributed by atoms with Crippen LogP contribution >= 0.6 is 11.8 Å². The Bertz CT molecular complexity index is 125. The van der Waals surface area contributed by atoms with Crippen LogP contribution in [0.25, 0.3) is 0 Å². The van der Waals surface area contributed by atoms with Crippen LogP contribution in [0.1, 0.15) is 77.6 Å². The van der Waals surface area contributed by atoms with Crippen LogP contribution in [0.3, 0.4) is 0 Å². The molecule has 0 spiro atoms. The fourth-order valence-electron chi connectivity index (χ4n) is 2.36. The van der Waals surface area contributed by atoms with Crippen molar-refractivity contribution in [2.24, 2.45) is 0 Å².